The Morgan fingerprint density at radius 2 is 1.86 bits per heavy atom. The second-order valence-corrected chi connectivity index (χ2v) is 4.46. The number of benzene rings is 1. The van der Waals surface area contributed by atoms with E-state index in [0.717, 1.165) is 0 Å². The molecule has 0 radical (unpaired) electrons. The quantitative estimate of drug-likeness (QED) is 0.880. The van der Waals surface area contributed by atoms with Crippen LogP contribution in [0.15, 0.2) is 18.2 Å². The molecule has 0 unspecified atom stereocenters. The number of piperazine rings is 1. The topological polar surface area (TPSA) is 44.7 Å². The normalized spacial score (nSPS) is 16.8. The van der Waals surface area contributed by atoms with Gasteiger partial charge in [-0.25, -0.2) is 8.78 Å². The van der Waals surface area contributed by atoms with Crippen LogP contribution in [-0.4, -0.2) is 49.7 Å². The smallest absolute Gasteiger partial charge is 0.258 e. The highest BCUT2D eigenvalue weighted by Crippen LogP contribution is 2.39. The Balaban J connectivity index is 0.00000200. The Labute approximate surface area is 135 Å². The molecule has 21 heavy (non-hydrogen) atoms. The molecule has 8 heteroatoms. The lowest BCUT2D eigenvalue weighted by atomic mass is 10.0. The molecule has 1 fully saturated rings. The molecule has 1 saturated heterocycles. The molecule has 0 aliphatic carbocycles. The Bertz CT molecular complexity index is 433. The zero-order valence-electron chi connectivity index (χ0n) is 11.6. The first-order chi connectivity index (χ1) is 9.15. The van der Waals surface area contributed by atoms with Crippen LogP contribution >= 0.6 is 24.8 Å². The highest BCUT2D eigenvalue weighted by atomic mass is 35.5. The Morgan fingerprint density at radius 3 is 2.38 bits per heavy atom. The zero-order chi connectivity index (χ0) is 13.8. The second kappa shape index (κ2) is 9.25. The number of hydrogen-bond acceptors (Lipinski definition) is 4. The fraction of sp³-hybridized carbons (Fsp3) is 0.538. The highest BCUT2D eigenvalue weighted by molar-refractivity contribution is 5.85. The molecule has 1 aromatic carbocycles. The summed E-state index contributed by atoms with van der Waals surface area (Å²) in [4.78, 5) is 1.68. The van der Waals surface area contributed by atoms with E-state index < -0.39 is 12.5 Å². The summed E-state index contributed by atoms with van der Waals surface area (Å²) in [5.74, 6) is 0.145. The molecule has 0 bridgehead atoms. The maximum Gasteiger partial charge on any atom is 0.258 e. The Kier molecular flexibility index (Phi) is 8.89. The van der Waals surface area contributed by atoms with E-state index in [-0.39, 0.29) is 36.1 Å². The van der Waals surface area contributed by atoms with Crippen molar-refractivity contribution in [3.05, 3.63) is 23.8 Å². The van der Waals surface area contributed by atoms with Crippen LogP contribution in [-0.2, 0) is 0 Å². The van der Waals surface area contributed by atoms with Crippen molar-refractivity contribution in [3.63, 3.8) is 0 Å². The first kappa shape index (κ1) is 20.2. The van der Waals surface area contributed by atoms with E-state index in [9.17, 15) is 13.9 Å². The van der Waals surface area contributed by atoms with Crippen LogP contribution in [0.2, 0.25) is 0 Å². The summed E-state index contributed by atoms with van der Waals surface area (Å²) in [5.41, 5.74) is 0.168. The van der Waals surface area contributed by atoms with E-state index in [1.165, 1.54) is 13.2 Å². The Hall–Kier alpha value is -0.820. The lowest BCUT2D eigenvalue weighted by Gasteiger charge is -2.35. The van der Waals surface area contributed by atoms with Crippen LogP contribution in [0.3, 0.4) is 0 Å². The van der Waals surface area contributed by atoms with Gasteiger partial charge in [-0.15, -0.1) is 24.8 Å². The minimum atomic E-state index is -2.58. The maximum atomic E-state index is 13.4. The van der Waals surface area contributed by atoms with E-state index in [0.29, 0.717) is 31.9 Å². The number of phenols is 1. The minimum Gasteiger partial charge on any atom is -0.507 e. The van der Waals surface area contributed by atoms with Gasteiger partial charge in [-0.2, -0.15) is 0 Å². The average Bonchev–Trinajstić information content (AvgIpc) is 2.41. The SMILES string of the molecule is COc1cccc(O)c1[C@@H](C(F)F)N1CCNCC1.Cl.Cl. The molecule has 2 rings (SSSR count). The summed E-state index contributed by atoms with van der Waals surface area (Å²) >= 11 is 0. The number of aromatic hydroxyl groups is 1. The summed E-state index contributed by atoms with van der Waals surface area (Å²) in [5, 5.41) is 13.0. The number of halogens is 4. The van der Waals surface area contributed by atoms with Crippen molar-refractivity contribution in [1.29, 1.82) is 0 Å². The van der Waals surface area contributed by atoms with E-state index in [4.69, 9.17) is 4.74 Å². The molecule has 0 saturated carbocycles. The zero-order valence-corrected chi connectivity index (χ0v) is 13.2. The van der Waals surface area contributed by atoms with E-state index >= 15 is 0 Å². The summed E-state index contributed by atoms with van der Waals surface area (Å²) in [7, 11) is 1.42. The molecule has 122 valence electrons. The van der Waals surface area contributed by atoms with Gasteiger partial charge in [0.15, 0.2) is 0 Å². The van der Waals surface area contributed by atoms with E-state index in [1.807, 2.05) is 0 Å². The fourth-order valence-electron chi connectivity index (χ4n) is 2.44. The number of nitrogens with zero attached hydrogens (tertiary/aromatic N) is 1. The number of phenolic OH excluding ortho intramolecular Hbond substituents is 1. The number of hydrogen-bond donors (Lipinski definition) is 2. The first-order valence-corrected chi connectivity index (χ1v) is 6.24. The second-order valence-electron chi connectivity index (χ2n) is 4.46. The third kappa shape index (κ3) is 4.57. The summed E-state index contributed by atoms with van der Waals surface area (Å²) in [6.07, 6.45) is -2.58. The van der Waals surface area contributed by atoms with Crippen molar-refractivity contribution in [2.24, 2.45) is 0 Å². The van der Waals surface area contributed by atoms with Gasteiger partial charge >= 0.3 is 0 Å². The highest BCUT2D eigenvalue weighted by Gasteiger charge is 2.34. The van der Waals surface area contributed by atoms with Gasteiger partial charge in [0, 0.05) is 26.2 Å². The first-order valence-electron chi connectivity index (χ1n) is 6.24. The van der Waals surface area contributed by atoms with Gasteiger partial charge in [-0.3, -0.25) is 4.90 Å². The van der Waals surface area contributed by atoms with Gasteiger partial charge in [0.05, 0.1) is 12.7 Å². The lowest BCUT2D eigenvalue weighted by Crippen LogP contribution is -2.47. The van der Waals surface area contributed by atoms with Crippen molar-refractivity contribution in [1.82, 2.24) is 10.2 Å². The molecule has 4 nitrogen and oxygen atoms in total. The summed E-state index contributed by atoms with van der Waals surface area (Å²) in [6, 6.07) is 3.44. The summed E-state index contributed by atoms with van der Waals surface area (Å²) in [6.45, 7) is 2.37. The molecule has 1 aromatic rings. The minimum absolute atomic E-state index is 0. The molecular formula is C13H20Cl2F2N2O2. The molecule has 0 aromatic heterocycles. The van der Waals surface area contributed by atoms with Gasteiger partial charge in [-0.1, -0.05) is 6.07 Å². The van der Waals surface area contributed by atoms with Crippen LogP contribution in [0.1, 0.15) is 11.6 Å². The Morgan fingerprint density at radius 1 is 1.24 bits per heavy atom. The lowest BCUT2D eigenvalue weighted by molar-refractivity contribution is 0.0158. The molecule has 1 aliphatic heterocycles. The number of methoxy groups -OCH3 is 1. The van der Waals surface area contributed by atoms with Crippen molar-refractivity contribution in [2.45, 2.75) is 12.5 Å². The van der Waals surface area contributed by atoms with Gasteiger partial charge in [0.1, 0.15) is 17.5 Å². The van der Waals surface area contributed by atoms with E-state index in [1.54, 1.807) is 17.0 Å². The monoisotopic (exact) mass is 344 g/mol. The predicted octanol–water partition coefficient (Wildman–Crippen LogP) is 2.46. The molecule has 1 heterocycles. The molecule has 1 atom stereocenters. The third-order valence-electron chi connectivity index (χ3n) is 3.34. The van der Waals surface area contributed by atoms with Crippen LogP contribution in [0.4, 0.5) is 8.78 Å². The molecule has 0 spiro atoms. The van der Waals surface area contributed by atoms with Crippen molar-refractivity contribution < 1.29 is 18.6 Å². The molecule has 0 amide bonds. The number of alkyl halides is 2. The van der Waals surface area contributed by atoms with Gasteiger partial charge < -0.3 is 15.2 Å². The maximum absolute atomic E-state index is 13.4. The largest absolute Gasteiger partial charge is 0.507 e. The standard InChI is InChI=1S/C13H18F2N2O2.2ClH/c1-19-10-4-2-3-9(18)11(10)12(13(14)15)17-7-5-16-6-8-17;;/h2-4,12-13,16,18H,5-8H2,1H3;2*1H/t12-;;/m0../s1. The number of ether oxygens (including phenoxy) is 1. The van der Waals surface area contributed by atoms with E-state index in [2.05, 4.69) is 5.32 Å². The van der Waals surface area contributed by atoms with Crippen molar-refractivity contribution >= 4 is 24.8 Å². The third-order valence-corrected chi connectivity index (χ3v) is 3.34. The van der Waals surface area contributed by atoms with Crippen LogP contribution in [0.5, 0.6) is 11.5 Å². The molecule has 2 N–H and O–H groups in total. The molecule has 1 aliphatic rings. The van der Waals surface area contributed by atoms with Crippen LogP contribution in [0.25, 0.3) is 0 Å². The van der Waals surface area contributed by atoms with Crippen LogP contribution in [0, 0.1) is 0 Å². The number of nitrogens with one attached hydrogen (secondary N) is 1. The summed E-state index contributed by atoms with van der Waals surface area (Å²) < 4.78 is 32.0. The fourth-order valence-corrected chi connectivity index (χ4v) is 2.44. The van der Waals surface area contributed by atoms with Gasteiger partial charge in [0.2, 0.25) is 0 Å². The van der Waals surface area contributed by atoms with Crippen molar-refractivity contribution in [3.8, 4) is 11.5 Å². The van der Waals surface area contributed by atoms with Gasteiger partial charge in [0.25, 0.3) is 6.43 Å². The van der Waals surface area contributed by atoms with Crippen LogP contribution < -0.4 is 10.1 Å². The number of rotatable bonds is 4. The molecular weight excluding hydrogens is 325 g/mol. The predicted molar refractivity (Wildman–Crippen MR) is 82.3 cm³/mol. The van der Waals surface area contributed by atoms with Crippen molar-refractivity contribution in [2.75, 3.05) is 33.3 Å². The average molecular weight is 345 g/mol. The van der Waals surface area contributed by atoms with Gasteiger partial charge in [-0.05, 0) is 12.1 Å².